The van der Waals surface area contributed by atoms with E-state index in [1.807, 2.05) is 39.9 Å². The molecule has 0 bridgehead atoms. The van der Waals surface area contributed by atoms with E-state index in [4.69, 9.17) is 0 Å². The molecule has 4 nitrogen and oxygen atoms in total. The van der Waals surface area contributed by atoms with Crippen molar-refractivity contribution in [2.45, 2.75) is 25.5 Å². The third-order valence-electron chi connectivity index (χ3n) is 3.02. The van der Waals surface area contributed by atoms with Gasteiger partial charge in [0.25, 0.3) is 0 Å². The highest BCUT2D eigenvalue weighted by atomic mass is 79.9. The smallest absolute Gasteiger partial charge is 0.114 e. The lowest BCUT2D eigenvalue weighted by molar-refractivity contribution is 0.0108. The van der Waals surface area contributed by atoms with E-state index in [0.29, 0.717) is 0 Å². The van der Waals surface area contributed by atoms with E-state index in [-0.39, 0.29) is 5.54 Å². The van der Waals surface area contributed by atoms with Crippen molar-refractivity contribution >= 4 is 15.9 Å². The van der Waals surface area contributed by atoms with Crippen LogP contribution >= 0.6 is 15.9 Å². The Bertz CT molecular complexity index is 327. The molecule has 0 aliphatic rings. The van der Waals surface area contributed by atoms with Gasteiger partial charge < -0.3 is 10.0 Å². The van der Waals surface area contributed by atoms with Gasteiger partial charge in [0.2, 0.25) is 0 Å². The predicted molar refractivity (Wildman–Crippen MR) is 63.6 cm³/mol. The first-order valence-corrected chi connectivity index (χ1v) is 5.60. The molecule has 0 aliphatic heterocycles. The minimum absolute atomic E-state index is 0.337. The van der Waals surface area contributed by atoms with Crippen LogP contribution in [0.15, 0.2) is 10.7 Å². The maximum atomic E-state index is 10.3. The van der Waals surface area contributed by atoms with Gasteiger partial charge in [-0.15, -0.1) is 0 Å². The number of aromatic nitrogens is 2. The zero-order chi connectivity index (χ0) is 11.8. The van der Waals surface area contributed by atoms with Crippen molar-refractivity contribution in [3.8, 4) is 0 Å². The van der Waals surface area contributed by atoms with Gasteiger partial charge in [0.1, 0.15) is 6.10 Å². The molecule has 0 saturated heterocycles. The second-order valence-electron chi connectivity index (χ2n) is 4.45. The molecule has 86 valence electrons. The molecular formula is C10H18BrN3O. The van der Waals surface area contributed by atoms with Gasteiger partial charge in [-0.3, -0.25) is 4.68 Å². The number of hydrogen-bond donors (Lipinski definition) is 1. The van der Waals surface area contributed by atoms with Crippen LogP contribution in [0.3, 0.4) is 0 Å². The van der Waals surface area contributed by atoms with Crippen molar-refractivity contribution in [1.82, 2.24) is 14.7 Å². The summed E-state index contributed by atoms with van der Waals surface area (Å²) in [4.78, 5) is 2.00. The number of halogens is 1. The Morgan fingerprint density at radius 3 is 2.40 bits per heavy atom. The van der Waals surface area contributed by atoms with Gasteiger partial charge in [-0.2, -0.15) is 5.10 Å². The quantitative estimate of drug-likeness (QED) is 0.910. The van der Waals surface area contributed by atoms with Crippen LogP contribution in [-0.4, -0.2) is 39.4 Å². The lowest BCUT2D eigenvalue weighted by atomic mass is 9.93. The van der Waals surface area contributed by atoms with Gasteiger partial charge in [0.05, 0.1) is 16.4 Å². The summed E-state index contributed by atoms with van der Waals surface area (Å²) in [6.07, 6.45) is 1.11. The molecule has 1 heterocycles. The Morgan fingerprint density at radius 1 is 1.53 bits per heavy atom. The fourth-order valence-electron chi connectivity index (χ4n) is 1.31. The standard InChI is InChI=1S/C10H18BrN3O/c1-10(2,13(3)4)9(15)8-7(11)6-12-14(8)5/h6,9,15H,1-5H3. The van der Waals surface area contributed by atoms with Crippen LogP contribution in [-0.2, 0) is 7.05 Å². The van der Waals surface area contributed by atoms with E-state index in [9.17, 15) is 5.11 Å². The Hall–Kier alpha value is -0.390. The van der Waals surface area contributed by atoms with Crippen molar-refractivity contribution in [3.63, 3.8) is 0 Å². The molecule has 1 atom stereocenters. The Labute approximate surface area is 99.0 Å². The summed E-state index contributed by atoms with van der Waals surface area (Å²) in [5, 5.41) is 14.4. The van der Waals surface area contributed by atoms with Crippen molar-refractivity contribution in [2.24, 2.45) is 7.05 Å². The van der Waals surface area contributed by atoms with Gasteiger partial charge in [0.15, 0.2) is 0 Å². The predicted octanol–water partition coefficient (Wildman–Crippen LogP) is 1.56. The summed E-state index contributed by atoms with van der Waals surface area (Å²) in [5.41, 5.74) is 0.463. The summed E-state index contributed by atoms with van der Waals surface area (Å²) in [6.45, 7) is 3.99. The van der Waals surface area contributed by atoms with Gasteiger partial charge in [-0.25, -0.2) is 0 Å². The second kappa shape index (κ2) is 4.23. The van der Waals surface area contributed by atoms with Gasteiger partial charge in [-0.05, 0) is 43.9 Å². The van der Waals surface area contributed by atoms with E-state index >= 15 is 0 Å². The topological polar surface area (TPSA) is 41.3 Å². The molecule has 0 saturated carbocycles. The molecule has 0 radical (unpaired) electrons. The van der Waals surface area contributed by atoms with Crippen LogP contribution in [0.2, 0.25) is 0 Å². The van der Waals surface area contributed by atoms with Crippen LogP contribution in [0.25, 0.3) is 0 Å². The van der Waals surface area contributed by atoms with Crippen LogP contribution in [0.4, 0.5) is 0 Å². The summed E-state index contributed by atoms with van der Waals surface area (Å²) in [6, 6.07) is 0. The van der Waals surface area contributed by atoms with Crippen LogP contribution in [0, 0.1) is 0 Å². The van der Waals surface area contributed by atoms with Gasteiger partial charge in [0, 0.05) is 12.6 Å². The van der Waals surface area contributed by atoms with Crippen molar-refractivity contribution < 1.29 is 5.11 Å². The first kappa shape index (κ1) is 12.7. The summed E-state index contributed by atoms with van der Waals surface area (Å²) >= 11 is 3.40. The zero-order valence-electron chi connectivity index (χ0n) is 9.82. The van der Waals surface area contributed by atoms with Crippen molar-refractivity contribution in [2.75, 3.05) is 14.1 Å². The summed E-state index contributed by atoms with van der Waals surface area (Å²) < 4.78 is 2.53. The molecule has 15 heavy (non-hydrogen) atoms. The van der Waals surface area contributed by atoms with E-state index in [1.165, 1.54) is 0 Å². The first-order valence-electron chi connectivity index (χ1n) is 4.81. The van der Waals surface area contributed by atoms with E-state index < -0.39 is 6.10 Å². The minimum Gasteiger partial charge on any atom is -0.385 e. The van der Waals surface area contributed by atoms with E-state index in [2.05, 4.69) is 21.0 Å². The fraction of sp³-hybridized carbons (Fsp3) is 0.700. The zero-order valence-corrected chi connectivity index (χ0v) is 11.4. The summed E-state index contributed by atoms with van der Waals surface area (Å²) in [5.74, 6) is 0. The fourth-order valence-corrected chi connectivity index (χ4v) is 1.87. The van der Waals surface area contributed by atoms with Crippen molar-refractivity contribution in [3.05, 3.63) is 16.4 Å². The average molecular weight is 276 g/mol. The molecule has 5 heteroatoms. The SMILES string of the molecule is CN(C)C(C)(C)C(O)c1c(Br)cnn1C. The highest BCUT2D eigenvalue weighted by molar-refractivity contribution is 9.10. The molecule has 1 rings (SSSR count). The maximum Gasteiger partial charge on any atom is 0.114 e. The molecule has 1 unspecified atom stereocenters. The molecule has 0 aromatic carbocycles. The number of likely N-dealkylation sites (N-methyl/N-ethyl adjacent to an activating group) is 1. The largest absolute Gasteiger partial charge is 0.385 e. The number of aliphatic hydroxyl groups is 1. The maximum absolute atomic E-state index is 10.3. The number of aliphatic hydroxyl groups excluding tert-OH is 1. The Balaban J connectivity index is 3.09. The lowest BCUT2D eigenvalue weighted by Crippen LogP contribution is -2.44. The molecule has 0 amide bonds. The van der Waals surface area contributed by atoms with Crippen LogP contribution < -0.4 is 0 Å². The second-order valence-corrected chi connectivity index (χ2v) is 5.31. The highest BCUT2D eigenvalue weighted by Gasteiger charge is 2.34. The molecule has 0 spiro atoms. The number of rotatable bonds is 3. The van der Waals surface area contributed by atoms with Crippen LogP contribution in [0.1, 0.15) is 25.6 Å². The third-order valence-corrected chi connectivity index (χ3v) is 3.63. The Kier molecular flexibility index (Phi) is 3.58. The first-order chi connectivity index (χ1) is 6.78. The lowest BCUT2D eigenvalue weighted by Gasteiger charge is -2.37. The Morgan fingerprint density at radius 2 is 2.07 bits per heavy atom. The number of hydrogen-bond acceptors (Lipinski definition) is 3. The molecule has 1 aromatic heterocycles. The van der Waals surface area contributed by atoms with E-state index in [0.717, 1.165) is 10.2 Å². The normalized spacial score (nSPS) is 14.7. The monoisotopic (exact) mass is 275 g/mol. The average Bonchev–Trinajstić information content (AvgIpc) is 2.45. The molecule has 0 aliphatic carbocycles. The van der Waals surface area contributed by atoms with Crippen molar-refractivity contribution in [1.29, 1.82) is 0 Å². The third kappa shape index (κ3) is 2.24. The molecular weight excluding hydrogens is 258 g/mol. The number of aryl methyl sites for hydroxylation is 1. The summed E-state index contributed by atoms with van der Waals surface area (Å²) in [7, 11) is 5.73. The van der Waals surface area contributed by atoms with Gasteiger partial charge >= 0.3 is 0 Å². The highest BCUT2D eigenvalue weighted by Crippen LogP contribution is 2.32. The minimum atomic E-state index is -0.589. The van der Waals surface area contributed by atoms with Crippen LogP contribution in [0.5, 0.6) is 0 Å². The van der Waals surface area contributed by atoms with Gasteiger partial charge in [-0.1, -0.05) is 0 Å². The van der Waals surface area contributed by atoms with E-state index in [1.54, 1.807) is 10.9 Å². The molecule has 1 aromatic rings. The number of nitrogens with zero attached hydrogens (tertiary/aromatic N) is 3. The molecule has 1 N–H and O–H groups in total. The molecule has 0 fully saturated rings.